The Hall–Kier alpha value is -5.26. The minimum absolute atomic E-state index is 0.0107. The van der Waals surface area contributed by atoms with E-state index in [-0.39, 0.29) is 23.7 Å². The molecule has 52 heavy (non-hydrogen) atoms. The second-order valence-corrected chi connectivity index (χ2v) is 14.2. The van der Waals surface area contributed by atoms with E-state index in [2.05, 4.69) is 92.8 Å². The number of hydrogen-bond donors (Lipinski definition) is 1. The van der Waals surface area contributed by atoms with Crippen LogP contribution in [0.2, 0.25) is 0 Å². The first-order chi connectivity index (χ1) is 25.6. The van der Waals surface area contributed by atoms with Crippen molar-refractivity contribution < 1.29 is 14.6 Å². The Morgan fingerprint density at radius 3 is 2.48 bits per heavy atom. The van der Waals surface area contributed by atoms with Crippen LogP contribution >= 0.6 is 0 Å². The van der Waals surface area contributed by atoms with E-state index in [1.54, 1.807) is 13.2 Å². The van der Waals surface area contributed by atoms with Crippen molar-refractivity contribution in [3.05, 3.63) is 143 Å². The number of nitrogens with zero attached hydrogens (tertiary/aromatic N) is 2. The van der Waals surface area contributed by atoms with Crippen molar-refractivity contribution in [3.63, 3.8) is 0 Å². The topological polar surface area (TPSA) is 64.5 Å². The van der Waals surface area contributed by atoms with Gasteiger partial charge in [-0.05, 0) is 70.0 Å². The fourth-order valence-electron chi connectivity index (χ4n) is 8.14. The molecule has 5 heteroatoms. The second-order valence-electron chi connectivity index (χ2n) is 14.2. The molecule has 0 amide bonds. The molecule has 0 saturated heterocycles. The Balaban J connectivity index is 1.20. The van der Waals surface area contributed by atoms with Gasteiger partial charge >= 0.3 is 0 Å². The molecule has 3 aliphatic rings. The minimum Gasteiger partial charge on any atom is -0.507 e. The lowest BCUT2D eigenvalue weighted by atomic mass is 9.73. The first-order valence-electron chi connectivity index (χ1n) is 18.8. The highest BCUT2D eigenvalue weighted by Gasteiger charge is 2.31. The van der Waals surface area contributed by atoms with Crippen LogP contribution in [0, 0.1) is 5.92 Å². The number of phenols is 1. The van der Waals surface area contributed by atoms with Gasteiger partial charge < -0.3 is 14.6 Å². The van der Waals surface area contributed by atoms with Gasteiger partial charge in [-0.1, -0.05) is 130 Å². The Labute approximate surface area is 307 Å². The van der Waals surface area contributed by atoms with Gasteiger partial charge in [0.2, 0.25) is 0 Å². The van der Waals surface area contributed by atoms with Crippen molar-refractivity contribution in [1.29, 1.82) is 0 Å². The number of benzene rings is 4. The number of ether oxygens (including phenoxy) is 2. The molecule has 0 radical (unpaired) electrons. The van der Waals surface area contributed by atoms with Crippen LogP contribution in [0.3, 0.4) is 0 Å². The molecule has 5 aromatic rings. The summed E-state index contributed by atoms with van der Waals surface area (Å²) in [7, 11) is 1.79. The quantitative estimate of drug-likeness (QED) is 0.141. The van der Waals surface area contributed by atoms with E-state index in [1.165, 1.54) is 40.3 Å². The number of rotatable bonds is 12. The highest BCUT2D eigenvalue weighted by Crippen LogP contribution is 2.48. The molecule has 4 atom stereocenters. The molecule has 4 aromatic carbocycles. The van der Waals surface area contributed by atoms with Gasteiger partial charge in [0.15, 0.2) is 5.82 Å². The van der Waals surface area contributed by atoms with Crippen molar-refractivity contribution >= 4 is 22.4 Å². The minimum atomic E-state index is -0.0107. The molecule has 5 nitrogen and oxygen atoms in total. The van der Waals surface area contributed by atoms with E-state index in [9.17, 15) is 5.11 Å². The summed E-state index contributed by atoms with van der Waals surface area (Å²) in [6.07, 6.45) is 21.0. The Morgan fingerprint density at radius 2 is 1.67 bits per heavy atom. The number of aromatic hydroxyl groups is 1. The van der Waals surface area contributed by atoms with E-state index in [4.69, 9.17) is 19.4 Å². The average molecular weight is 687 g/mol. The van der Waals surface area contributed by atoms with Gasteiger partial charge in [0, 0.05) is 41.7 Å². The Bertz CT molecular complexity index is 2230. The molecule has 1 heterocycles. The molecule has 1 aromatic heterocycles. The van der Waals surface area contributed by atoms with E-state index in [0.717, 1.165) is 41.7 Å². The Kier molecular flexibility index (Phi) is 9.62. The molecular formula is C47H46N2O3. The first kappa shape index (κ1) is 33.9. The van der Waals surface area contributed by atoms with E-state index < -0.39 is 0 Å². The smallest absolute Gasteiger partial charge is 0.160 e. The van der Waals surface area contributed by atoms with Crippen LogP contribution in [-0.2, 0) is 4.74 Å². The number of phenolic OH excluding ortho intramolecular Hbond substituents is 1. The number of allylic oxidation sites excluding steroid dienone is 4. The van der Waals surface area contributed by atoms with Crippen molar-refractivity contribution in [2.75, 3.05) is 13.7 Å². The third-order valence-electron chi connectivity index (χ3n) is 11.1. The molecule has 4 unspecified atom stereocenters. The normalized spacial score (nSPS) is 19.1. The predicted molar refractivity (Wildman–Crippen MR) is 213 cm³/mol. The molecule has 262 valence electrons. The number of methoxy groups -OCH3 is 1. The molecule has 0 bridgehead atoms. The Morgan fingerprint density at radius 1 is 0.865 bits per heavy atom. The van der Waals surface area contributed by atoms with Gasteiger partial charge in [-0.3, -0.25) is 0 Å². The molecule has 0 fully saturated rings. The summed E-state index contributed by atoms with van der Waals surface area (Å²) in [5.74, 6) is 2.38. The van der Waals surface area contributed by atoms with Crippen LogP contribution in [0.1, 0.15) is 85.9 Å². The molecule has 1 N–H and O–H groups in total. The fourth-order valence-corrected chi connectivity index (χ4v) is 8.14. The third-order valence-corrected chi connectivity index (χ3v) is 11.1. The van der Waals surface area contributed by atoms with Gasteiger partial charge in [-0.15, -0.1) is 0 Å². The predicted octanol–water partition coefficient (Wildman–Crippen LogP) is 11.4. The fraction of sp³-hybridized carbons (Fsp3) is 0.277. The van der Waals surface area contributed by atoms with Crippen molar-refractivity contribution in [3.8, 4) is 34.0 Å². The molecule has 8 rings (SSSR count). The number of unbranched alkanes of at least 4 members (excludes halogenated alkanes) is 1. The van der Waals surface area contributed by atoms with Crippen LogP contribution in [-0.4, -0.2) is 34.9 Å². The summed E-state index contributed by atoms with van der Waals surface area (Å²) >= 11 is 0. The van der Waals surface area contributed by atoms with Crippen LogP contribution in [0.5, 0.6) is 11.5 Å². The molecule has 0 aliphatic heterocycles. The van der Waals surface area contributed by atoms with Gasteiger partial charge in [0.25, 0.3) is 0 Å². The van der Waals surface area contributed by atoms with Crippen molar-refractivity contribution in [1.82, 2.24) is 9.97 Å². The number of hydrogen-bond acceptors (Lipinski definition) is 5. The zero-order chi connectivity index (χ0) is 35.6. The number of aromatic nitrogens is 2. The zero-order valence-corrected chi connectivity index (χ0v) is 30.3. The van der Waals surface area contributed by atoms with Crippen LogP contribution in [0.4, 0.5) is 0 Å². The summed E-state index contributed by atoms with van der Waals surface area (Å²) < 4.78 is 12.1. The summed E-state index contributed by atoms with van der Waals surface area (Å²) in [4.78, 5) is 10.4. The lowest BCUT2D eigenvalue weighted by Crippen LogP contribution is -2.20. The highest BCUT2D eigenvalue weighted by molar-refractivity contribution is 6.02. The third kappa shape index (κ3) is 6.39. The summed E-state index contributed by atoms with van der Waals surface area (Å²) in [6, 6.07) is 26.8. The zero-order valence-electron chi connectivity index (χ0n) is 30.3. The lowest BCUT2D eigenvalue weighted by Gasteiger charge is -2.31. The monoisotopic (exact) mass is 686 g/mol. The van der Waals surface area contributed by atoms with Crippen LogP contribution in [0.15, 0.2) is 115 Å². The maximum absolute atomic E-state index is 11.4. The summed E-state index contributed by atoms with van der Waals surface area (Å²) in [5, 5.41) is 14.0. The van der Waals surface area contributed by atoms with Crippen molar-refractivity contribution in [2.45, 2.75) is 63.9 Å². The second kappa shape index (κ2) is 14.8. The first-order valence-corrected chi connectivity index (χ1v) is 18.8. The van der Waals surface area contributed by atoms with Crippen molar-refractivity contribution in [2.24, 2.45) is 5.92 Å². The molecule has 0 spiro atoms. The SMILES string of the molecule is CCCCC(CC)COc1ccc(-c2cc(-c3ccccc3)nc(C3=CCC4C=Cc5c(C6C=CC=CC6OC)ccc6ccc3c4c56)n2)c(O)c1. The van der Waals surface area contributed by atoms with Crippen LogP contribution in [0.25, 0.3) is 44.9 Å². The van der Waals surface area contributed by atoms with Gasteiger partial charge in [0.05, 0.1) is 24.1 Å². The average Bonchev–Trinajstić information content (AvgIpc) is 3.20. The van der Waals surface area contributed by atoms with E-state index >= 15 is 0 Å². The molecule has 3 aliphatic carbocycles. The van der Waals surface area contributed by atoms with Gasteiger partial charge in [0.1, 0.15) is 11.5 Å². The molecular weight excluding hydrogens is 641 g/mol. The lowest BCUT2D eigenvalue weighted by molar-refractivity contribution is 0.128. The maximum atomic E-state index is 11.4. The van der Waals surface area contributed by atoms with E-state index in [0.29, 0.717) is 35.4 Å². The van der Waals surface area contributed by atoms with Crippen LogP contribution < -0.4 is 4.74 Å². The molecule has 0 saturated carbocycles. The van der Waals surface area contributed by atoms with E-state index in [1.807, 2.05) is 36.4 Å². The largest absolute Gasteiger partial charge is 0.507 e. The maximum Gasteiger partial charge on any atom is 0.160 e. The highest BCUT2D eigenvalue weighted by atomic mass is 16.5. The van der Waals surface area contributed by atoms with Gasteiger partial charge in [-0.25, -0.2) is 9.97 Å². The summed E-state index contributed by atoms with van der Waals surface area (Å²) in [6.45, 7) is 5.08. The van der Waals surface area contributed by atoms with Gasteiger partial charge in [-0.2, -0.15) is 0 Å². The standard InChI is InChI=1S/C47H46N2O3/c1-4-6-12-30(5-2)29-52-34-21-26-40(43(50)27-34)42-28-41(31-13-8-7-9-14-31)48-47(49-42)39-25-20-33-18-23-37-35(36-15-10-11-16-44(36)51-3)22-17-32-19-24-38(39)46(33)45(32)37/h7-11,13-19,21-28,30,33,36,44,50H,4-6,12,20,29H2,1-3H3. The summed E-state index contributed by atoms with van der Waals surface area (Å²) in [5.41, 5.74) is 9.18.